The largest absolute Gasteiger partial charge is 0.493 e. The number of sulfonamides is 1. The van der Waals surface area contributed by atoms with E-state index in [1.54, 1.807) is 24.3 Å². The van der Waals surface area contributed by atoms with E-state index in [-0.39, 0.29) is 54.0 Å². The van der Waals surface area contributed by atoms with E-state index < -0.39 is 16.6 Å². The summed E-state index contributed by atoms with van der Waals surface area (Å²) in [6.07, 6.45) is 2.63. The van der Waals surface area contributed by atoms with Crippen molar-refractivity contribution in [2.75, 3.05) is 33.3 Å². The average Bonchev–Trinajstić information content (AvgIpc) is 2.79. The predicted octanol–water partition coefficient (Wildman–Crippen LogP) is 3.46. The van der Waals surface area contributed by atoms with Crippen LogP contribution in [0.3, 0.4) is 0 Å². The Morgan fingerprint density at radius 1 is 1.06 bits per heavy atom. The van der Waals surface area contributed by atoms with Crippen molar-refractivity contribution in [2.45, 2.75) is 25.4 Å². The van der Waals surface area contributed by atoms with Crippen LogP contribution in [0.2, 0.25) is 0 Å². The Hall–Kier alpha value is -2.98. The predicted molar refractivity (Wildman–Crippen MR) is 120 cm³/mol. The van der Waals surface area contributed by atoms with Crippen molar-refractivity contribution < 1.29 is 31.5 Å². The van der Waals surface area contributed by atoms with Gasteiger partial charge in [-0.05, 0) is 49.2 Å². The van der Waals surface area contributed by atoms with Gasteiger partial charge >= 0.3 is 6.61 Å². The van der Waals surface area contributed by atoms with Crippen LogP contribution >= 0.6 is 0 Å². The maximum Gasteiger partial charge on any atom is 0.387 e. The molecule has 1 fully saturated rings. The third kappa shape index (κ3) is 5.69. The fourth-order valence-electron chi connectivity index (χ4n) is 3.48. The molecular weight excluding hydrogens is 454 g/mol. The number of aryl methyl sites for hydroxylation is 2. The van der Waals surface area contributed by atoms with Gasteiger partial charge in [-0.1, -0.05) is 18.2 Å². The Morgan fingerprint density at radius 2 is 1.76 bits per heavy atom. The molecule has 1 aliphatic rings. The van der Waals surface area contributed by atoms with Gasteiger partial charge in [0.15, 0.2) is 11.5 Å². The van der Waals surface area contributed by atoms with Gasteiger partial charge in [-0.2, -0.15) is 13.1 Å². The summed E-state index contributed by atoms with van der Waals surface area (Å²) >= 11 is 0. The maximum atomic E-state index is 12.9. The smallest absolute Gasteiger partial charge is 0.387 e. The third-order valence-electron chi connectivity index (χ3n) is 5.51. The lowest BCUT2D eigenvalue weighted by atomic mass is 10.1. The molecule has 0 unspecified atom stereocenters. The minimum Gasteiger partial charge on any atom is -0.493 e. The first-order valence-electron chi connectivity index (χ1n) is 10.3. The number of amides is 1. The van der Waals surface area contributed by atoms with E-state index in [0.717, 1.165) is 11.1 Å². The van der Waals surface area contributed by atoms with Crippen molar-refractivity contribution in [1.29, 1.82) is 0 Å². The van der Waals surface area contributed by atoms with Crippen molar-refractivity contribution in [3.63, 3.8) is 0 Å². The number of carbonyl (C=O) groups is 1. The molecule has 2 aromatic rings. The molecule has 178 valence electrons. The topological polar surface area (TPSA) is 76.2 Å². The molecule has 0 bridgehead atoms. The van der Waals surface area contributed by atoms with Crippen LogP contribution in [0.25, 0.3) is 6.08 Å². The van der Waals surface area contributed by atoms with Gasteiger partial charge in [0.05, 0.1) is 12.0 Å². The molecule has 1 heterocycles. The summed E-state index contributed by atoms with van der Waals surface area (Å²) in [5, 5.41) is 0. The number of hydrogen-bond donors (Lipinski definition) is 0. The fraction of sp³-hybridized carbons (Fsp3) is 0.348. The van der Waals surface area contributed by atoms with Crippen LogP contribution in [0.15, 0.2) is 47.4 Å². The molecule has 3 rings (SSSR count). The minimum absolute atomic E-state index is 0.120. The average molecular weight is 481 g/mol. The van der Waals surface area contributed by atoms with Gasteiger partial charge in [-0.25, -0.2) is 8.42 Å². The Morgan fingerprint density at radius 3 is 2.36 bits per heavy atom. The molecule has 0 spiro atoms. The zero-order valence-electron chi connectivity index (χ0n) is 18.6. The van der Waals surface area contributed by atoms with Crippen molar-refractivity contribution >= 4 is 22.0 Å². The lowest BCUT2D eigenvalue weighted by molar-refractivity contribution is -0.127. The first-order valence-corrected chi connectivity index (χ1v) is 11.7. The Kier molecular flexibility index (Phi) is 7.70. The highest BCUT2D eigenvalue weighted by molar-refractivity contribution is 7.89. The molecule has 2 aromatic carbocycles. The van der Waals surface area contributed by atoms with E-state index >= 15 is 0 Å². The Labute approximate surface area is 192 Å². The number of benzene rings is 2. The first kappa shape index (κ1) is 24.7. The van der Waals surface area contributed by atoms with Crippen molar-refractivity contribution in [3.8, 4) is 11.5 Å². The number of rotatable bonds is 7. The number of alkyl halides is 2. The highest BCUT2D eigenvalue weighted by Crippen LogP contribution is 2.33. The van der Waals surface area contributed by atoms with Crippen molar-refractivity contribution in [2.24, 2.45) is 0 Å². The number of hydrogen-bond acceptors (Lipinski definition) is 5. The SMILES string of the molecule is COc1cccc(/C=C/C(=O)N2CCN(S(=O)(=O)c3ccc(C)c(C)c3)CC2)c1OC(F)F. The molecule has 10 heteroatoms. The summed E-state index contributed by atoms with van der Waals surface area (Å²) in [6.45, 7) is 1.48. The minimum atomic E-state index is -3.65. The van der Waals surface area contributed by atoms with Crippen LogP contribution in [0.4, 0.5) is 8.78 Å². The van der Waals surface area contributed by atoms with Gasteiger partial charge in [0.1, 0.15) is 0 Å². The second-order valence-corrected chi connectivity index (χ2v) is 9.50. The number of para-hydroxylation sites is 1. The van der Waals surface area contributed by atoms with Crippen LogP contribution in [-0.4, -0.2) is 63.4 Å². The van der Waals surface area contributed by atoms with Crippen LogP contribution in [-0.2, 0) is 14.8 Å². The van der Waals surface area contributed by atoms with Crippen LogP contribution in [0, 0.1) is 13.8 Å². The molecule has 7 nitrogen and oxygen atoms in total. The molecule has 0 radical (unpaired) electrons. The lowest BCUT2D eigenvalue weighted by Crippen LogP contribution is -2.50. The van der Waals surface area contributed by atoms with Gasteiger partial charge in [0.2, 0.25) is 15.9 Å². The number of ether oxygens (including phenoxy) is 2. The van der Waals surface area contributed by atoms with Gasteiger partial charge in [0.25, 0.3) is 0 Å². The van der Waals surface area contributed by atoms with Crippen molar-refractivity contribution in [1.82, 2.24) is 9.21 Å². The van der Waals surface area contributed by atoms with E-state index in [9.17, 15) is 22.0 Å². The molecular formula is C23H26F2N2O5S. The molecule has 1 amide bonds. The van der Waals surface area contributed by atoms with E-state index in [0.29, 0.717) is 0 Å². The lowest BCUT2D eigenvalue weighted by Gasteiger charge is -2.33. The molecule has 1 saturated heterocycles. The second kappa shape index (κ2) is 10.3. The number of carbonyl (C=O) groups excluding carboxylic acids is 1. The summed E-state index contributed by atoms with van der Waals surface area (Å²) < 4.78 is 62.4. The van der Waals surface area contributed by atoms with Crippen LogP contribution in [0.1, 0.15) is 16.7 Å². The normalized spacial score (nSPS) is 15.3. The first-order chi connectivity index (χ1) is 15.6. The zero-order valence-corrected chi connectivity index (χ0v) is 19.4. The van der Waals surface area contributed by atoms with Gasteiger partial charge < -0.3 is 14.4 Å². The molecule has 1 aliphatic heterocycles. The van der Waals surface area contributed by atoms with E-state index in [2.05, 4.69) is 4.74 Å². The molecule has 0 aliphatic carbocycles. The Bertz CT molecular complexity index is 1140. The van der Waals surface area contributed by atoms with E-state index in [1.807, 2.05) is 13.8 Å². The van der Waals surface area contributed by atoms with Crippen molar-refractivity contribution in [3.05, 3.63) is 59.2 Å². The van der Waals surface area contributed by atoms with Gasteiger partial charge in [-0.3, -0.25) is 4.79 Å². The summed E-state index contributed by atoms with van der Waals surface area (Å²) in [4.78, 5) is 14.4. The number of piperazine rings is 1. The van der Waals surface area contributed by atoms with E-state index in [1.165, 1.54) is 40.6 Å². The fourth-order valence-corrected chi connectivity index (χ4v) is 4.99. The number of nitrogens with zero attached hydrogens (tertiary/aromatic N) is 2. The summed E-state index contributed by atoms with van der Waals surface area (Å²) in [5.74, 6) is -0.400. The second-order valence-electron chi connectivity index (χ2n) is 7.57. The maximum absolute atomic E-state index is 12.9. The zero-order chi connectivity index (χ0) is 24.2. The highest BCUT2D eigenvalue weighted by atomic mass is 32.2. The van der Waals surface area contributed by atoms with Crippen LogP contribution < -0.4 is 9.47 Å². The van der Waals surface area contributed by atoms with E-state index in [4.69, 9.17) is 4.74 Å². The number of methoxy groups -OCH3 is 1. The molecule has 0 N–H and O–H groups in total. The number of halogens is 2. The standard InChI is InChI=1S/C23H26F2N2O5S/c1-16-7-9-19(15-17(16)2)33(29,30)27-13-11-26(12-14-27)21(28)10-8-18-5-4-6-20(31-3)22(18)32-23(24)25/h4-10,15,23H,11-14H2,1-3H3/b10-8+. The molecule has 33 heavy (non-hydrogen) atoms. The quantitative estimate of drug-likeness (QED) is 0.568. The highest BCUT2D eigenvalue weighted by Gasteiger charge is 2.29. The third-order valence-corrected chi connectivity index (χ3v) is 7.40. The summed E-state index contributed by atoms with van der Waals surface area (Å²) in [7, 11) is -2.32. The molecule has 0 aromatic heterocycles. The Balaban J connectivity index is 1.67. The monoisotopic (exact) mass is 480 g/mol. The van der Waals surface area contributed by atoms with Crippen LogP contribution in [0.5, 0.6) is 11.5 Å². The molecule has 0 saturated carbocycles. The summed E-state index contributed by atoms with van der Waals surface area (Å²) in [5.41, 5.74) is 2.16. The summed E-state index contributed by atoms with van der Waals surface area (Å²) in [6, 6.07) is 9.61. The molecule has 0 atom stereocenters. The van der Waals surface area contributed by atoms with Gasteiger partial charge in [0, 0.05) is 37.8 Å². The van der Waals surface area contributed by atoms with Gasteiger partial charge in [-0.15, -0.1) is 0 Å².